The maximum absolute atomic E-state index is 13.4. The number of rotatable bonds is 3. The highest BCUT2D eigenvalue weighted by Crippen LogP contribution is 2.37. The van der Waals surface area contributed by atoms with Crippen LogP contribution < -0.4 is 10.1 Å². The number of alkyl halides is 3. The van der Waals surface area contributed by atoms with Crippen LogP contribution in [0.25, 0.3) is 16.9 Å². The van der Waals surface area contributed by atoms with E-state index in [0.717, 1.165) is 11.6 Å². The molecule has 1 aliphatic heterocycles. The summed E-state index contributed by atoms with van der Waals surface area (Å²) in [7, 11) is 0. The number of anilines is 1. The lowest BCUT2D eigenvalue weighted by Crippen LogP contribution is -2.25. The molecule has 0 bridgehead atoms. The third kappa shape index (κ3) is 3.70. The molecular weight excluding hydrogens is 383 g/mol. The Morgan fingerprint density at radius 3 is 2.48 bits per heavy atom. The molecule has 8 heteroatoms. The van der Waals surface area contributed by atoms with E-state index in [-0.39, 0.29) is 18.2 Å². The molecule has 0 fully saturated rings. The van der Waals surface area contributed by atoms with E-state index in [1.165, 1.54) is 4.68 Å². The second kappa shape index (κ2) is 6.95. The fourth-order valence-electron chi connectivity index (χ4n) is 3.16. The van der Waals surface area contributed by atoms with Gasteiger partial charge in [0, 0.05) is 5.56 Å². The van der Waals surface area contributed by atoms with Crippen molar-refractivity contribution in [1.29, 1.82) is 0 Å². The predicted molar refractivity (Wildman–Crippen MR) is 102 cm³/mol. The van der Waals surface area contributed by atoms with E-state index in [4.69, 9.17) is 4.74 Å². The molecule has 0 saturated heterocycles. The fourth-order valence-corrected chi connectivity index (χ4v) is 3.16. The van der Waals surface area contributed by atoms with Gasteiger partial charge in [-0.25, -0.2) is 4.68 Å². The molecule has 0 atom stereocenters. The van der Waals surface area contributed by atoms with E-state index in [9.17, 15) is 18.0 Å². The normalized spacial score (nSPS) is 13.8. The highest BCUT2D eigenvalue weighted by Gasteiger charge is 2.35. The van der Waals surface area contributed by atoms with E-state index in [1.807, 2.05) is 26.0 Å². The first kappa shape index (κ1) is 19.0. The minimum Gasteiger partial charge on any atom is -0.482 e. The maximum atomic E-state index is 13.4. The van der Waals surface area contributed by atoms with Crippen LogP contribution in [-0.4, -0.2) is 22.3 Å². The highest BCUT2D eigenvalue weighted by atomic mass is 19.4. The zero-order valence-electron chi connectivity index (χ0n) is 15.7. The number of hydrogen-bond donors (Lipinski definition) is 1. The summed E-state index contributed by atoms with van der Waals surface area (Å²) in [5.74, 6) is 0.455. The lowest BCUT2D eigenvalue weighted by molar-refractivity contribution is -0.141. The number of benzene rings is 2. The summed E-state index contributed by atoms with van der Waals surface area (Å²) in [6.07, 6.45) is -4.58. The molecule has 5 nitrogen and oxygen atoms in total. The second-order valence-electron chi connectivity index (χ2n) is 7.12. The Hall–Kier alpha value is -3.29. The molecule has 1 N–H and O–H groups in total. The third-order valence-corrected chi connectivity index (χ3v) is 4.71. The van der Waals surface area contributed by atoms with Crippen LogP contribution in [0.15, 0.2) is 48.5 Å². The average molecular weight is 401 g/mol. The van der Waals surface area contributed by atoms with Crippen LogP contribution >= 0.6 is 0 Å². The lowest BCUT2D eigenvalue weighted by Gasteiger charge is -2.18. The largest absolute Gasteiger partial charge is 0.482 e. The number of nitrogens with one attached hydrogen (secondary N) is 1. The number of aromatic nitrogens is 2. The average Bonchev–Trinajstić information content (AvgIpc) is 3.13. The first-order valence-corrected chi connectivity index (χ1v) is 9.07. The molecule has 0 aliphatic carbocycles. The van der Waals surface area contributed by atoms with Gasteiger partial charge in [0.2, 0.25) is 0 Å². The van der Waals surface area contributed by atoms with Crippen LogP contribution in [-0.2, 0) is 11.0 Å². The molecule has 0 radical (unpaired) electrons. The molecule has 2 heterocycles. The van der Waals surface area contributed by atoms with Crippen LogP contribution in [0.5, 0.6) is 5.75 Å². The van der Waals surface area contributed by atoms with E-state index < -0.39 is 11.9 Å². The number of carbonyl (C=O) groups excluding carboxylic acids is 1. The molecule has 4 rings (SSSR count). The molecule has 1 amide bonds. The standard InChI is InChI=1S/C21H18F3N3O2/c1-12(2)13-3-6-15(7-4-13)27-17(10-19(26-27)21(22,23)24)14-5-8-18-16(9-14)25-20(28)11-29-18/h3-10,12H,11H2,1-2H3,(H,25,28). The Labute approximate surface area is 165 Å². The lowest BCUT2D eigenvalue weighted by atomic mass is 10.0. The summed E-state index contributed by atoms with van der Waals surface area (Å²) in [4.78, 5) is 11.6. The minimum absolute atomic E-state index is 0.0926. The summed E-state index contributed by atoms with van der Waals surface area (Å²) in [5, 5.41) is 6.47. The zero-order chi connectivity index (χ0) is 20.8. The number of fused-ring (bicyclic) bond motifs is 1. The molecule has 150 valence electrons. The quantitative estimate of drug-likeness (QED) is 0.671. The molecular formula is C21H18F3N3O2. The molecule has 1 aromatic heterocycles. The Morgan fingerprint density at radius 1 is 1.10 bits per heavy atom. The van der Waals surface area contributed by atoms with Gasteiger partial charge in [0.25, 0.3) is 5.91 Å². The van der Waals surface area contributed by atoms with Crippen LogP contribution in [0.4, 0.5) is 18.9 Å². The van der Waals surface area contributed by atoms with Gasteiger partial charge >= 0.3 is 6.18 Å². The third-order valence-electron chi connectivity index (χ3n) is 4.71. The van der Waals surface area contributed by atoms with Crippen molar-refractivity contribution in [3.05, 3.63) is 59.8 Å². The van der Waals surface area contributed by atoms with Gasteiger partial charge in [-0.15, -0.1) is 0 Å². The van der Waals surface area contributed by atoms with Crippen molar-refractivity contribution < 1.29 is 22.7 Å². The number of nitrogens with zero attached hydrogens (tertiary/aromatic N) is 2. The molecule has 0 spiro atoms. The van der Waals surface area contributed by atoms with Gasteiger partial charge in [-0.1, -0.05) is 26.0 Å². The van der Waals surface area contributed by atoms with Gasteiger partial charge in [-0.05, 0) is 47.9 Å². The predicted octanol–water partition coefficient (Wildman–Crippen LogP) is 5.01. The van der Waals surface area contributed by atoms with Crippen molar-refractivity contribution in [3.63, 3.8) is 0 Å². The second-order valence-corrected chi connectivity index (χ2v) is 7.12. The minimum atomic E-state index is -4.58. The molecule has 2 aromatic carbocycles. The molecule has 1 aliphatic rings. The Kier molecular flexibility index (Phi) is 4.56. The van der Waals surface area contributed by atoms with E-state index in [2.05, 4.69) is 10.4 Å². The van der Waals surface area contributed by atoms with Crippen LogP contribution in [0.3, 0.4) is 0 Å². The Bertz CT molecular complexity index is 1070. The number of ether oxygens (including phenoxy) is 1. The topological polar surface area (TPSA) is 56.2 Å². The fraction of sp³-hybridized carbons (Fsp3) is 0.238. The summed E-state index contributed by atoms with van der Waals surface area (Å²) in [5.41, 5.74) is 1.75. The van der Waals surface area contributed by atoms with Crippen LogP contribution in [0.1, 0.15) is 31.0 Å². The number of carbonyl (C=O) groups is 1. The van der Waals surface area contributed by atoms with Crippen molar-refractivity contribution in [2.75, 3.05) is 11.9 Å². The summed E-state index contributed by atoms with van der Waals surface area (Å²) in [6.45, 7) is 3.99. The first-order chi connectivity index (χ1) is 13.7. The Balaban J connectivity index is 1.83. The van der Waals surface area contributed by atoms with Crippen molar-refractivity contribution in [3.8, 4) is 22.7 Å². The van der Waals surface area contributed by atoms with Crippen molar-refractivity contribution in [2.45, 2.75) is 25.9 Å². The molecule has 0 unspecified atom stereocenters. The number of halogens is 3. The SMILES string of the molecule is CC(C)c1ccc(-n2nc(C(F)(F)F)cc2-c2ccc3c(c2)NC(=O)CO3)cc1. The number of amides is 1. The van der Waals surface area contributed by atoms with Gasteiger partial charge in [-0.2, -0.15) is 18.3 Å². The van der Waals surface area contributed by atoms with Crippen LogP contribution in [0, 0.1) is 0 Å². The van der Waals surface area contributed by atoms with Gasteiger partial charge in [0.1, 0.15) is 5.75 Å². The molecule has 3 aromatic rings. The van der Waals surface area contributed by atoms with Gasteiger partial charge < -0.3 is 10.1 Å². The Morgan fingerprint density at radius 2 is 1.83 bits per heavy atom. The van der Waals surface area contributed by atoms with E-state index >= 15 is 0 Å². The monoisotopic (exact) mass is 401 g/mol. The van der Waals surface area contributed by atoms with Crippen molar-refractivity contribution >= 4 is 11.6 Å². The molecule has 0 saturated carbocycles. The summed E-state index contributed by atoms with van der Waals surface area (Å²) in [6, 6.07) is 13.1. The highest BCUT2D eigenvalue weighted by molar-refractivity contribution is 5.96. The summed E-state index contributed by atoms with van der Waals surface area (Å²) < 4.78 is 46.6. The smallest absolute Gasteiger partial charge is 0.435 e. The maximum Gasteiger partial charge on any atom is 0.435 e. The van der Waals surface area contributed by atoms with Crippen LogP contribution in [0.2, 0.25) is 0 Å². The van der Waals surface area contributed by atoms with E-state index in [1.54, 1.807) is 30.3 Å². The van der Waals surface area contributed by atoms with Crippen molar-refractivity contribution in [1.82, 2.24) is 9.78 Å². The van der Waals surface area contributed by atoms with E-state index in [0.29, 0.717) is 28.6 Å². The number of hydrogen-bond acceptors (Lipinski definition) is 3. The van der Waals surface area contributed by atoms with Gasteiger partial charge in [0.15, 0.2) is 12.3 Å². The zero-order valence-corrected chi connectivity index (χ0v) is 15.7. The van der Waals surface area contributed by atoms with Gasteiger partial charge in [-0.3, -0.25) is 4.79 Å². The first-order valence-electron chi connectivity index (χ1n) is 9.07. The van der Waals surface area contributed by atoms with Gasteiger partial charge in [0.05, 0.1) is 17.1 Å². The summed E-state index contributed by atoms with van der Waals surface area (Å²) >= 11 is 0. The van der Waals surface area contributed by atoms with Crippen molar-refractivity contribution in [2.24, 2.45) is 0 Å². The molecule has 29 heavy (non-hydrogen) atoms.